The first-order chi connectivity index (χ1) is 12.7. The molecule has 0 amide bonds. The molecule has 26 heavy (non-hydrogen) atoms. The highest BCUT2D eigenvalue weighted by atomic mass is 16.5. The number of methoxy groups -OCH3 is 1. The SMILES string of the molecule is COc1nc(-c2ccc(C#N)cc2)c(-c2ccc(C)cc2)n2ccnc12. The number of nitriles is 1. The van der Waals surface area contributed by atoms with Crippen molar-refractivity contribution in [1.82, 2.24) is 14.4 Å². The van der Waals surface area contributed by atoms with Gasteiger partial charge in [0, 0.05) is 23.5 Å². The van der Waals surface area contributed by atoms with Gasteiger partial charge in [-0.25, -0.2) is 9.97 Å². The maximum absolute atomic E-state index is 9.06. The smallest absolute Gasteiger partial charge is 0.258 e. The van der Waals surface area contributed by atoms with E-state index < -0.39 is 0 Å². The minimum Gasteiger partial charge on any atom is -0.478 e. The van der Waals surface area contributed by atoms with Crippen molar-refractivity contribution in [2.45, 2.75) is 6.92 Å². The van der Waals surface area contributed by atoms with Gasteiger partial charge < -0.3 is 4.74 Å². The molecule has 0 fully saturated rings. The molecule has 4 rings (SSSR count). The van der Waals surface area contributed by atoms with Gasteiger partial charge in [-0.2, -0.15) is 5.26 Å². The number of imidazole rings is 1. The summed E-state index contributed by atoms with van der Waals surface area (Å²) in [6.45, 7) is 2.06. The first-order valence-corrected chi connectivity index (χ1v) is 8.20. The van der Waals surface area contributed by atoms with Crippen molar-refractivity contribution in [3.05, 3.63) is 72.1 Å². The summed E-state index contributed by atoms with van der Waals surface area (Å²) in [6.07, 6.45) is 3.64. The van der Waals surface area contributed by atoms with Crippen LogP contribution in [0, 0.1) is 18.3 Å². The highest BCUT2D eigenvalue weighted by molar-refractivity contribution is 5.81. The lowest BCUT2D eigenvalue weighted by Gasteiger charge is -2.14. The van der Waals surface area contributed by atoms with Gasteiger partial charge in [-0.3, -0.25) is 4.40 Å². The molecule has 0 aliphatic heterocycles. The van der Waals surface area contributed by atoms with E-state index in [1.165, 1.54) is 5.56 Å². The summed E-state index contributed by atoms with van der Waals surface area (Å²) in [7, 11) is 1.59. The molecule has 126 valence electrons. The van der Waals surface area contributed by atoms with Gasteiger partial charge in [0.05, 0.1) is 30.1 Å². The molecule has 0 aliphatic rings. The van der Waals surface area contributed by atoms with Crippen LogP contribution in [0.2, 0.25) is 0 Å². The van der Waals surface area contributed by atoms with E-state index in [1.54, 1.807) is 25.4 Å². The molecule has 0 saturated carbocycles. The Hall–Kier alpha value is -3.65. The van der Waals surface area contributed by atoms with Crippen LogP contribution in [0.5, 0.6) is 5.88 Å². The van der Waals surface area contributed by atoms with E-state index in [2.05, 4.69) is 42.2 Å². The summed E-state index contributed by atoms with van der Waals surface area (Å²) >= 11 is 0. The third-order valence-electron chi connectivity index (χ3n) is 4.32. The van der Waals surface area contributed by atoms with Gasteiger partial charge in [-0.15, -0.1) is 0 Å². The molecular formula is C21H16N4O. The average Bonchev–Trinajstić information content (AvgIpc) is 3.17. The summed E-state index contributed by atoms with van der Waals surface area (Å²) in [5.41, 5.74) is 6.13. The number of hydrogen-bond acceptors (Lipinski definition) is 4. The van der Waals surface area contributed by atoms with Crippen molar-refractivity contribution in [1.29, 1.82) is 5.26 Å². The van der Waals surface area contributed by atoms with Crippen LogP contribution in [0.4, 0.5) is 0 Å². The van der Waals surface area contributed by atoms with E-state index >= 15 is 0 Å². The van der Waals surface area contributed by atoms with Crippen LogP contribution in [0.1, 0.15) is 11.1 Å². The largest absolute Gasteiger partial charge is 0.478 e. The van der Waals surface area contributed by atoms with Crippen LogP contribution in [-0.2, 0) is 0 Å². The van der Waals surface area contributed by atoms with E-state index in [1.807, 2.05) is 22.7 Å². The van der Waals surface area contributed by atoms with Crippen molar-refractivity contribution < 1.29 is 4.74 Å². The summed E-state index contributed by atoms with van der Waals surface area (Å²) in [6, 6.07) is 17.8. The Balaban J connectivity index is 2.05. The topological polar surface area (TPSA) is 63.2 Å². The van der Waals surface area contributed by atoms with E-state index in [9.17, 15) is 0 Å². The zero-order valence-electron chi connectivity index (χ0n) is 14.5. The molecule has 5 heteroatoms. The first kappa shape index (κ1) is 15.9. The van der Waals surface area contributed by atoms with Crippen molar-refractivity contribution in [2.75, 3.05) is 7.11 Å². The normalized spacial score (nSPS) is 10.7. The lowest BCUT2D eigenvalue weighted by molar-refractivity contribution is 0.401. The molecule has 0 saturated heterocycles. The Labute approximate surface area is 151 Å². The van der Waals surface area contributed by atoms with Crippen molar-refractivity contribution >= 4 is 5.65 Å². The molecule has 0 radical (unpaired) electrons. The Bertz CT molecular complexity index is 1120. The fraction of sp³-hybridized carbons (Fsp3) is 0.0952. The van der Waals surface area contributed by atoms with E-state index in [4.69, 9.17) is 15.0 Å². The average molecular weight is 340 g/mol. The number of aromatic nitrogens is 3. The predicted octanol–water partition coefficient (Wildman–Crippen LogP) is 4.25. The van der Waals surface area contributed by atoms with Crippen molar-refractivity contribution in [3.8, 4) is 34.5 Å². The molecular weight excluding hydrogens is 324 g/mol. The maximum atomic E-state index is 9.06. The highest BCUT2D eigenvalue weighted by Crippen LogP contribution is 2.34. The molecule has 2 aromatic carbocycles. The first-order valence-electron chi connectivity index (χ1n) is 8.20. The van der Waals surface area contributed by atoms with E-state index in [0.717, 1.165) is 22.5 Å². The number of ether oxygens (including phenoxy) is 1. The van der Waals surface area contributed by atoms with Crippen LogP contribution in [0.15, 0.2) is 60.9 Å². The number of rotatable bonds is 3. The second kappa shape index (κ2) is 6.34. The van der Waals surface area contributed by atoms with Gasteiger partial charge in [0.25, 0.3) is 5.88 Å². The molecule has 4 aromatic rings. The van der Waals surface area contributed by atoms with Gasteiger partial charge in [-0.05, 0) is 19.1 Å². The third-order valence-corrected chi connectivity index (χ3v) is 4.32. The van der Waals surface area contributed by atoms with Crippen LogP contribution >= 0.6 is 0 Å². The van der Waals surface area contributed by atoms with E-state index in [-0.39, 0.29) is 0 Å². The lowest BCUT2D eigenvalue weighted by atomic mass is 10.0. The van der Waals surface area contributed by atoms with Crippen LogP contribution in [0.25, 0.3) is 28.2 Å². The molecule has 0 atom stereocenters. The highest BCUT2D eigenvalue weighted by Gasteiger charge is 2.18. The van der Waals surface area contributed by atoms with Gasteiger partial charge >= 0.3 is 0 Å². The van der Waals surface area contributed by atoms with Crippen LogP contribution in [0.3, 0.4) is 0 Å². The number of hydrogen-bond donors (Lipinski definition) is 0. The second-order valence-corrected chi connectivity index (χ2v) is 5.99. The van der Waals surface area contributed by atoms with Crippen molar-refractivity contribution in [3.63, 3.8) is 0 Å². The fourth-order valence-corrected chi connectivity index (χ4v) is 2.99. The Kier molecular flexibility index (Phi) is 3.86. The Morgan fingerprint density at radius 3 is 2.35 bits per heavy atom. The number of aryl methyl sites for hydroxylation is 1. The number of benzene rings is 2. The molecule has 0 bridgehead atoms. The predicted molar refractivity (Wildman–Crippen MR) is 99.9 cm³/mol. The molecule has 2 heterocycles. The third kappa shape index (κ3) is 2.58. The molecule has 0 N–H and O–H groups in total. The second-order valence-electron chi connectivity index (χ2n) is 5.99. The number of fused-ring (bicyclic) bond motifs is 1. The molecule has 5 nitrogen and oxygen atoms in total. The van der Waals surface area contributed by atoms with Crippen LogP contribution < -0.4 is 4.74 Å². The van der Waals surface area contributed by atoms with Crippen LogP contribution in [-0.4, -0.2) is 21.5 Å². The minimum atomic E-state index is 0.463. The zero-order valence-corrected chi connectivity index (χ0v) is 14.5. The van der Waals surface area contributed by atoms with Gasteiger partial charge in [0.1, 0.15) is 0 Å². The van der Waals surface area contributed by atoms with Gasteiger partial charge in [-0.1, -0.05) is 42.0 Å². The van der Waals surface area contributed by atoms with Crippen molar-refractivity contribution in [2.24, 2.45) is 0 Å². The van der Waals surface area contributed by atoms with Gasteiger partial charge in [0.2, 0.25) is 5.65 Å². The Morgan fingerprint density at radius 1 is 1.00 bits per heavy atom. The summed E-state index contributed by atoms with van der Waals surface area (Å²) in [5.74, 6) is 0.463. The molecule has 0 aliphatic carbocycles. The molecule has 0 unspecified atom stereocenters. The lowest BCUT2D eigenvalue weighted by Crippen LogP contribution is -2.02. The summed E-state index contributed by atoms with van der Waals surface area (Å²) < 4.78 is 7.45. The standard InChI is InChI=1S/C21H16N4O/c1-14-3-7-17(8-4-14)19-18(16-9-5-15(13-22)6-10-16)24-21(26-2)20-23-11-12-25(19)20/h3-12H,1-2H3. The number of nitrogens with zero attached hydrogens (tertiary/aromatic N) is 4. The molecule has 2 aromatic heterocycles. The Morgan fingerprint density at radius 2 is 1.69 bits per heavy atom. The summed E-state index contributed by atoms with van der Waals surface area (Å²) in [5, 5.41) is 9.06. The summed E-state index contributed by atoms with van der Waals surface area (Å²) in [4.78, 5) is 9.12. The minimum absolute atomic E-state index is 0.463. The quantitative estimate of drug-likeness (QED) is 0.559. The fourth-order valence-electron chi connectivity index (χ4n) is 2.99. The maximum Gasteiger partial charge on any atom is 0.258 e. The molecule has 0 spiro atoms. The van der Waals surface area contributed by atoms with E-state index in [0.29, 0.717) is 17.1 Å². The zero-order chi connectivity index (χ0) is 18.1. The van der Waals surface area contributed by atoms with Gasteiger partial charge in [0.15, 0.2) is 0 Å². The monoisotopic (exact) mass is 340 g/mol.